The zero-order chi connectivity index (χ0) is 14.0. The molecule has 0 spiro atoms. The van der Waals surface area contributed by atoms with Crippen LogP contribution in [0.15, 0.2) is 18.2 Å². The highest BCUT2D eigenvalue weighted by molar-refractivity contribution is 5.87. The summed E-state index contributed by atoms with van der Waals surface area (Å²) in [5.74, 6) is 1.28. The second-order valence-electron chi connectivity index (χ2n) is 5.08. The van der Waals surface area contributed by atoms with Crippen LogP contribution in [0.2, 0.25) is 0 Å². The smallest absolute Gasteiger partial charge is 0.429 e. The van der Waals surface area contributed by atoms with Gasteiger partial charge in [-0.25, -0.2) is 15.2 Å². The Labute approximate surface area is 112 Å². The molecule has 6 nitrogen and oxygen atoms in total. The third-order valence-electron chi connectivity index (χ3n) is 2.41. The lowest BCUT2D eigenvalue weighted by Gasteiger charge is -2.26. The van der Waals surface area contributed by atoms with E-state index < -0.39 is 11.7 Å². The Bertz CT molecular complexity index is 482. The first-order chi connectivity index (χ1) is 8.90. The van der Waals surface area contributed by atoms with E-state index >= 15 is 0 Å². The molecule has 6 heteroatoms. The molecule has 0 unspecified atom stereocenters. The van der Waals surface area contributed by atoms with Crippen molar-refractivity contribution in [3.63, 3.8) is 0 Å². The molecule has 19 heavy (non-hydrogen) atoms. The molecule has 0 fully saturated rings. The first kappa shape index (κ1) is 13.5. The van der Waals surface area contributed by atoms with Crippen molar-refractivity contribution in [2.45, 2.75) is 26.4 Å². The summed E-state index contributed by atoms with van der Waals surface area (Å²) in [6, 6.07) is 5.24. The van der Waals surface area contributed by atoms with Gasteiger partial charge in [-0.3, -0.25) is 0 Å². The Kier molecular flexibility index (Phi) is 3.53. The number of hydrogen-bond acceptors (Lipinski definition) is 5. The van der Waals surface area contributed by atoms with Crippen molar-refractivity contribution in [1.82, 2.24) is 5.43 Å². The SMILES string of the molecule is CNN(C(=O)OC(C)(C)C)c1ccc2c(c1)OCO2. The molecule has 0 saturated heterocycles. The average molecular weight is 266 g/mol. The van der Waals surface area contributed by atoms with Crippen LogP contribution in [0.4, 0.5) is 10.5 Å². The van der Waals surface area contributed by atoms with Crippen molar-refractivity contribution in [2.75, 3.05) is 18.8 Å². The van der Waals surface area contributed by atoms with Crippen LogP contribution in [0.5, 0.6) is 11.5 Å². The molecule has 1 aliphatic rings. The number of rotatable bonds is 2. The maximum absolute atomic E-state index is 12.1. The van der Waals surface area contributed by atoms with Gasteiger partial charge in [0.15, 0.2) is 11.5 Å². The number of carbonyl (C=O) groups is 1. The van der Waals surface area contributed by atoms with Crippen LogP contribution in [0, 0.1) is 0 Å². The number of ether oxygens (including phenoxy) is 3. The highest BCUT2D eigenvalue weighted by Crippen LogP contribution is 2.35. The van der Waals surface area contributed by atoms with Gasteiger partial charge in [-0.05, 0) is 32.9 Å². The summed E-state index contributed by atoms with van der Waals surface area (Å²) in [5.41, 5.74) is 2.87. The van der Waals surface area contributed by atoms with E-state index in [4.69, 9.17) is 14.2 Å². The summed E-state index contributed by atoms with van der Waals surface area (Å²) in [4.78, 5) is 12.1. The molecule has 104 valence electrons. The summed E-state index contributed by atoms with van der Waals surface area (Å²) in [6.07, 6.45) is -0.478. The van der Waals surface area contributed by atoms with E-state index in [1.165, 1.54) is 5.01 Å². The number of benzene rings is 1. The third-order valence-corrected chi connectivity index (χ3v) is 2.41. The minimum Gasteiger partial charge on any atom is -0.454 e. The molecule has 2 rings (SSSR count). The number of carbonyl (C=O) groups excluding carboxylic acids is 1. The van der Waals surface area contributed by atoms with E-state index in [9.17, 15) is 4.79 Å². The maximum Gasteiger partial charge on any atom is 0.429 e. The molecule has 1 aromatic rings. The predicted molar refractivity (Wildman–Crippen MR) is 70.3 cm³/mol. The fourth-order valence-corrected chi connectivity index (χ4v) is 1.66. The zero-order valence-electron chi connectivity index (χ0n) is 11.5. The monoisotopic (exact) mass is 266 g/mol. The van der Waals surface area contributed by atoms with Crippen molar-refractivity contribution in [2.24, 2.45) is 0 Å². The molecule has 1 aromatic carbocycles. The Balaban J connectivity index is 2.20. The van der Waals surface area contributed by atoms with Gasteiger partial charge in [0.05, 0.1) is 5.69 Å². The number of anilines is 1. The van der Waals surface area contributed by atoms with Gasteiger partial charge in [0.25, 0.3) is 0 Å². The van der Waals surface area contributed by atoms with Crippen LogP contribution < -0.4 is 19.9 Å². The van der Waals surface area contributed by atoms with E-state index in [1.54, 1.807) is 25.2 Å². The molecule has 0 aliphatic carbocycles. The Morgan fingerprint density at radius 2 is 2.00 bits per heavy atom. The summed E-state index contributed by atoms with van der Waals surface area (Å²) >= 11 is 0. The van der Waals surface area contributed by atoms with Gasteiger partial charge in [-0.15, -0.1) is 0 Å². The molecule has 0 bridgehead atoms. The number of nitrogens with zero attached hydrogens (tertiary/aromatic N) is 1. The first-order valence-corrected chi connectivity index (χ1v) is 6.01. The molecule has 0 saturated carbocycles. The van der Waals surface area contributed by atoms with Crippen molar-refractivity contribution in [3.05, 3.63) is 18.2 Å². The number of fused-ring (bicyclic) bond motifs is 1. The van der Waals surface area contributed by atoms with Gasteiger partial charge >= 0.3 is 6.09 Å². The summed E-state index contributed by atoms with van der Waals surface area (Å²) in [7, 11) is 1.65. The van der Waals surface area contributed by atoms with Crippen LogP contribution in [0.1, 0.15) is 20.8 Å². The Hall–Kier alpha value is -1.95. The summed E-state index contributed by atoms with van der Waals surface area (Å²) in [5, 5.41) is 1.31. The van der Waals surface area contributed by atoms with Crippen molar-refractivity contribution in [3.8, 4) is 11.5 Å². The van der Waals surface area contributed by atoms with Crippen molar-refractivity contribution >= 4 is 11.8 Å². The molecule has 1 aliphatic heterocycles. The van der Waals surface area contributed by atoms with Crippen molar-refractivity contribution in [1.29, 1.82) is 0 Å². The largest absolute Gasteiger partial charge is 0.454 e. The van der Waals surface area contributed by atoms with E-state index in [0.717, 1.165) is 0 Å². The number of amides is 1. The molecule has 1 N–H and O–H groups in total. The molecule has 0 aromatic heterocycles. The lowest BCUT2D eigenvalue weighted by molar-refractivity contribution is 0.0565. The summed E-state index contributed by atoms with van der Waals surface area (Å²) < 4.78 is 15.8. The van der Waals surface area contributed by atoms with E-state index in [-0.39, 0.29) is 6.79 Å². The number of nitrogens with one attached hydrogen (secondary N) is 1. The van der Waals surface area contributed by atoms with Gasteiger partial charge in [0.2, 0.25) is 6.79 Å². The minimum absolute atomic E-state index is 0.199. The fraction of sp³-hybridized carbons (Fsp3) is 0.462. The van der Waals surface area contributed by atoms with E-state index in [0.29, 0.717) is 17.2 Å². The lowest BCUT2D eigenvalue weighted by atomic mass is 10.2. The van der Waals surface area contributed by atoms with E-state index in [2.05, 4.69) is 5.43 Å². The highest BCUT2D eigenvalue weighted by Gasteiger charge is 2.24. The minimum atomic E-state index is -0.553. The zero-order valence-corrected chi connectivity index (χ0v) is 11.5. The van der Waals surface area contributed by atoms with Gasteiger partial charge in [0, 0.05) is 13.1 Å². The molecule has 0 atom stereocenters. The molecule has 0 radical (unpaired) electrons. The van der Waals surface area contributed by atoms with E-state index in [1.807, 2.05) is 20.8 Å². The van der Waals surface area contributed by atoms with Crippen LogP contribution >= 0.6 is 0 Å². The fourth-order valence-electron chi connectivity index (χ4n) is 1.66. The maximum atomic E-state index is 12.1. The molecular formula is C13H18N2O4. The average Bonchev–Trinajstić information content (AvgIpc) is 2.74. The molecular weight excluding hydrogens is 248 g/mol. The van der Waals surface area contributed by atoms with Gasteiger partial charge in [-0.2, -0.15) is 0 Å². The molecule has 1 heterocycles. The van der Waals surface area contributed by atoms with Gasteiger partial charge < -0.3 is 14.2 Å². The van der Waals surface area contributed by atoms with Gasteiger partial charge in [-0.1, -0.05) is 0 Å². The van der Waals surface area contributed by atoms with Crippen LogP contribution in [0.3, 0.4) is 0 Å². The topological polar surface area (TPSA) is 60.0 Å². The van der Waals surface area contributed by atoms with Crippen LogP contribution in [-0.4, -0.2) is 25.5 Å². The first-order valence-electron chi connectivity index (χ1n) is 6.01. The molecule has 1 amide bonds. The number of hydrogen-bond donors (Lipinski definition) is 1. The Morgan fingerprint density at radius 1 is 1.32 bits per heavy atom. The second-order valence-corrected chi connectivity index (χ2v) is 5.08. The highest BCUT2D eigenvalue weighted by atomic mass is 16.7. The van der Waals surface area contributed by atoms with Crippen LogP contribution in [0.25, 0.3) is 0 Å². The van der Waals surface area contributed by atoms with Gasteiger partial charge in [0.1, 0.15) is 5.60 Å². The normalized spacial score (nSPS) is 13.3. The number of hydrazine groups is 1. The van der Waals surface area contributed by atoms with Crippen molar-refractivity contribution < 1.29 is 19.0 Å². The third kappa shape index (κ3) is 3.08. The van der Waals surface area contributed by atoms with Crippen LogP contribution in [-0.2, 0) is 4.74 Å². The second kappa shape index (κ2) is 4.97. The predicted octanol–water partition coefficient (Wildman–Crippen LogP) is 2.29. The Morgan fingerprint density at radius 3 is 2.63 bits per heavy atom. The standard InChI is InChI=1S/C13H18N2O4/c1-13(2,3)19-12(16)15(14-4)9-5-6-10-11(7-9)18-8-17-10/h5-7,14H,8H2,1-4H3. The summed E-state index contributed by atoms with van der Waals surface area (Å²) in [6.45, 7) is 5.65. The lowest BCUT2D eigenvalue weighted by Crippen LogP contribution is -2.44. The quantitative estimate of drug-likeness (QED) is 0.832.